The number of halogens is 2. The molecule has 0 radical (unpaired) electrons. The summed E-state index contributed by atoms with van der Waals surface area (Å²) in [6.45, 7) is 4.12. The molecule has 0 saturated heterocycles. The van der Waals surface area contributed by atoms with Gasteiger partial charge in [-0.2, -0.15) is 5.10 Å². The number of rotatable bonds is 5. The molecule has 21 heavy (non-hydrogen) atoms. The molecule has 2 aromatic rings. The summed E-state index contributed by atoms with van der Waals surface area (Å²) in [5.41, 5.74) is 4.61. The molecule has 1 aromatic carbocycles. The third kappa shape index (κ3) is 3.23. The van der Waals surface area contributed by atoms with Crippen molar-refractivity contribution in [3.05, 3.63) is 45.1 Å². The minimum atomic E-state index is -0.294. The fourth-order valence-electron chi connectivity index (χ4n) is 2.28. The van der Waals surface area contributed by atoms with Gasteiger partial charge in [-0.05, 0) is 48.0 Å². The molecule has 5 nitrogen and oxygen atoms in total. The van der Waals surface area contributed by atoms with Gasteiger partial charge in [0.15, 0.2) is 0 Å². The molecular weight excluding hydrogens is 356 g/mol. The monoisotopic (exact) mass is 372 g/mol. The smallest absolute Gasteiger partial charge is 0.124 e. The summed E-state index contributed by atoms with van der Waals surface area (Å²) in [6, 6.07) is 5.36. The van der Waals surface area contributed by atoms with E-state index in [-0.39, 0.29) is 12.1 Å². The van der Waals surface area contributed by atoms with Crippen molar-refractivity contribution in [2.45, 2.75) is 25.9 Å². The number of hydrogen-bond donors (Lipinski definition) is 2. The molecule has 7 heteroatoms. The number of benzene rings is 1. The predicted octanol–water partition coefficient (Wildman–Crippen LogP) is 3.44. The summed E-state index contributed by atoms with van der Waals surface area (Å²) in [5.74, 6) is 6.51. The molecule has 1 heterocycles. The zero-order chi connectivity index (χ0) is 15.6. The molecule has 1 atom stereocenters. The predicted molar refractivity (Wildman–Crippen MR) is 87.5 cm³/mol. The van der Waals surface area contributed by atoms with E-state index in [0.29, 0.717) is 10.8 Å². The minimum absolute atomic E-state index is 0.201. The lowest BCUT2D eigenvalue weighted by Gasteiger charge is -2.22. The van der Waals surface area contributed by atoms with E-state index in [0.717, 1.165) is 15.7 Å². The zero-order valence-corrected chi connectivity index (χ0v) is 14.4. The van der Waals surface area contributed by atoms with Gasteiger partial charge in [-0.25, -0.2) is 5.43 Å². The molecule has 0 saturated carbocycles. The van der Waals surface area contributed by atoms with Crippen molar-refractivity contribution in [3.8, 4) is 5.75 Å². The molecule has 0 fully saturated rings. The number of aromatic nitrogens is 2. The third-order valence-corrected chi connectivity index (χ3v) is 4.07. The van der Waals surface area contributed by atoms with Crippen LogP contribution in [0.25, 0.3) is 0 Å². The number of nitrogens with two attached hydrogens (primary N) is 1. The third-order valence-electron chi connectivity index (χ3n) is 3.22. The van der Waals surface area contributed by atoms with Gasteiger partial charge in [-0.3, -0.25) is 10.5 Å². The first-order chi connectivity index (χ1) is 9.99. The molecule has 0 bridgehead atoms. The Labute approximate surface area is 137 Å². The molecule has 114 valence electrons. The number of nitrogens with zero attached hydrogens (tertiary/aromatic N) is 2. The van der Waals surface area contributed by atoms with Crippen molar-refractivity contribution in [3.63, 3.8) is 0 Å². The molecule has 3 N–H and O–H groups in total. The number of hydrazine groups is 1. The van der Waals surface area contributed by atoms with Gasteiger partial charge in [0.1, 0.15) is 5.75 Å². The van der Waals surface area contributed by atoms with Crippen molar-refractivity contribution >= 4 is 27.5 Å². The minimum Gasteiger partial charge on any atom is -0.496 e. The van der Waals surface area contributed by atoms with Crippen LogP contribution in [0.4, 0.5) is 0 Å². The molecule has 1 aromatic heterocycles. The molecule has 1 unspecified atom stereocenters. The van der Waals surface area contributed by atoms with E-state index in [1.807, 2.05) is 16.8 Å². The van der Waals surface area contributed by atoms with Crippen LogP contribution in [-0.2, 0) is 0 Å². The largest absolute Gasteiger partial charge is 0.496 e. The molecule has 2 rings (SSSR count). The molecule has 0 aliphatic heterocycles. The van der Waals surface area contributed by atoms with E-state index >= 15 is 0 Å². The summed E-state index contributed by atoms with van der Waals surface area (Å²) >= 11 is 9.66. The Morgan fingerprint density at radius 3 is 2.71 bits per heavy atom. The highest BCUT2D eigenvalue weighted by molar-refractivity contribution is 9.10. The lowest BCUT2D eigenvalue weighted by Crippen LogP contribution is -2.31. The number of nitrogens with one attached hydrogen (secondary N) is 1. The first kappa shape index (κ1) is 16.3. The van der Waals surface area contributed by atoms with Gasteiger partial charge in [-0.15, -0.1) is 0 Å². The summed E-state index contributed by atoms with van der Waals surface area (Å²) < 4.78 is 8.21. The van der Waals surface area contributed by atoms with E-state index in [9.17, 15) is 0 Å². The first-order valence-electron chi connectivity index (χ1n) is 6.52. The SMILES string of the molecule is COc1ccc(Cl)cc1C(NN)c1c(Br)cnn1C(C)C. The lowest BCUT2D eigenvalue weighted by atomic mass is 10.0. The summed E-state index contributed by atoms with van der Waals surface area (Å²) in [7, 11) is 1.62. The Bertz CT molecular complexity index is 629. The number of ether oxygens (including phenoxy) is 1. The normalized spacial score (nSPS) is 12.7. The fourth-order valence-corrected chi connectivity index (χ4v) is 2.96. The molecular formula is C14H18BrClN4O. The maximum absolute atomic E-state index is 6.12. The maximum atomic E-state index is 6.12. The molecule has 0 amide bonds. The van der Waals surface area contributed by atoms with E-state index in [2.05, 4.69) is 40.3 Å². The van der Waals surface area contributed by atoms with Crippen LogP contribution < -0.4 is 16.0 Å². The van der Waals surface area contributed by atoms with Gasteiger partial charge in [0.25, 0.3) is 0 Å². The van der Waals surface area contributed by atoms with Crippen LogP contribution in [-0.4, -0.2) is 16.9 Å². The van der Waals surface area contributed by atoms with Gasteiger partial charge < -0.3 is 4.74 Å². The van der Waals surface area contributed by atoms with E-state index < -0.39 is 0 Å². The highest BCUT2D eigenvalue weighted by Crippen LogP contribution is 2.35. The molecule has 0 aliphatic rings. The summed E-state index contributed by atoms with van der Waals surface area (Å²) in [6.07, 6.45) is 1.76. The second kappa shape index (κ2) is 6.79. The van der Waals surface area contributed by atoms with Crippen LogP contribution in [0.3, 0.4) is 0 Å². The van der Waals surface area contributed by atoms with Crippen LogP contribution in [0.15, 0.2) is 28.9 Å². The van der Waals surface area contributed by atoms with Crippen molar-refractivity contribution in [1.82, 2.24) is 15.2 Å². The Kier molecular flexibility index (Phi) is 5.27. The standard InChI is InChI=1S/C14H18BrClN4O/c1-8(2)20-14(11(15)7-18-20)13(19-17)10-6-9(16)4-5-12(10)21-3/h4-8,13,19H,17H2,1-3H3. The summed E-state index contributed by atoms with van der Waals surface area (Å²) in [4.78, 5) is 0. The van der Waals surface area contributed by atoms with Gasteiger partial charge in [-0.1, -0.05) is 11.6 Å². The Morgan fingerprint density at radius 2 is 2.14 bits per heavy atom. The quantitative estimate of drug-likeness (QED) is 0.622. The van der Waals surface area contributed by atoms with Gasteiger partial charge in [0.05, 0.1) is 29.5 Å². The van der Waals surface area contributed by atoms with E-state index in [1.54, 1.807) is 19.4 Å². The molecule has 0 aliphatic carbocycles. The second-order valence-electron chi connectivity index (χ2n) is 4.90. The zero-order valence-electron chi connectivity index (χ0n) is 12.1. The maximum Gasteiger partial charge on any atom is 0.124 e. The Hall–Kier alpha value is -1.08. The van der Waals surface area contributed by atoms with Crippen LogP contribution in [0, 0.1) is 0 Å². The van der Waals surface area contributed by atoms with E-state index in [1.165, 1.54) is 0 Å². The summed E-state index contributed by atoms with van der Waals surface area (Å²) in [5, 5.41) is 5.01. The van der Waals surface area contributed by atoms with Crippen LogP contribution in [0.1, 0.15) is 37.2 Å². The average molecular weight is 374 g/mol. The average Bonchev–Trinajstić information content (AvgIpc) is 2.82. The van der Waals surface area contributed by atoms with E-state index in [4.69, 9.17) is 22.2 Å². The lowest BCUT2D eigenvalue weighted by molar-refractivity contribution is 0.399. The Balaban J connectivity index is 2.60. The first-order valence-corrected chi connectivity index (χ1v) is 7.69. The van der Waals surface area contributed by atoms with Crippen LogP contribution >= 0.6 is 27.5 Å². The van der Waals surface area contributed by atoms with Gasteiger partial charge in [0.2, 0.25) is 0 Å². The fraction of sp³-hybridized carbons (Fsp3) is 0.357. The van der Waals surface area contributed by atoms with Crippen molar-refractivity contribution < 1.29 is 4.74 Å². The van der Waals surface area contributed by atoms with Crippen molar-refractivity contribution in [2.24, 2.45) is 5.84 Å². The van der Waals surface area contributed by atoms with Gasteiger partial charge >= 0.3 is 0 Å². The number of methoxy groups -OCH3 is 1. The van der Waals surface area contributed by atoms with Gasteiger partial charge in [0, 0.05) is 16.6 Å². The highest BCUT2D eigenvalue weighted by atomic mass is 79.9. The molecule has 0 spiro atoms. The highest BCUT2D eigenvalue weighted by Gasteiger charge is 2.25. The van der Waals surface area contributed by atoms with Crippen molar-refractivity contribution in [1.29, 1.82) is 0 Å². The Morgan fingerprint density at radius 1 is 1.43 bits per heavy atom. The van der Waals surface area contributed by atoms with Crippen LogP contribution in [0.2, 0.25) is 5.02 Å². The topological polar surface area (TPSA) is 65.1 Å². The second-order valence-corrected chi connectivity index (χ2v) is 6.19. The van der Waals surface area contributed by atoms with Crippen LogP contribution in [0.5, 0.6) is 5.75 Å². The number of hydrogen-bond acceptors (Lipinski definition) is 4. The van der Waals surface area contributed by atoms with Crippen molar-refractivity contribution in [2.75, 3.05) is 7.11 Å².